The molecule has 1 saturated heterocycles. The molecule has 8 nitrogen and oxygen atoms in total. The number of nitrogens with zero attached hydrogens (tertiary/aromatic N) is 3. The number of piperazine rings is 1. The average Bonchev–Trinajstić information content (AvgIpc) is 3.27. The molecule has 8 heteroatoms. The molecule has 0 radical (unpaired) electrons. The molecule has 2 fully saturated rings. The van der Waals surface area contributed by atoms with E-state index in [1.807, 2.05) is 6.92 Å². The van der Waals surface area contributed by atoms with Crippen molar-refractivity contribution in [2.45, 2.75) is 38.8 Å². The molecule has 1 atom stereocenters. The summed E-state index contributed by atoms with van der Waals surface area (Å²) in [6, 6.07) is 1.72. The minimum Gasteiger partial charge on any atom is -0.360 e. The summed E-state index contributed by atoms with van der Waals surface area (Å²) in [5, 5.41) is 9.50. The van der Waals surface area contributed by atoms with E-state index in [0.717, 1.165) is 12.8 Å². The van der Waals surface area contributed by atoms with Gasteiger partial charge in [0.1, 0.15) is 5.76 Å². The second-order valence-corrected chi connectivity index (χ2v) is 6.23. The summed E-state index contributed by atoms with van der Waals surface area (Å²) >= 11 is 0. The lowest BCUT2D eigenvalue weighted by Gasteiger charge is -2.37. The van der Waals surface area contributed by atoms with Crippen molar-refractivity contribution in [3.05, 3.63) is 11.8 Å². The van der Waals surface area contributed by atoms with Gasteiger partial charge in [-0.2, -0.15) is 0 Å². The quantitative estimate of drug-likeness (QED) is 0.856. The van der Waals surface area contributed by atoms with Gasteiger partial charge in [-0.15, -0.1) is 0 Å². The zero-order chi connectivity index (χ0) is 16.4. The Balaban J connectivity index is 1.45. The van der Waals surface area contributed by atoms with E-state index in [1.54, 1.807) is 17.9 Å². The first kappa shape index (κ1) is 15.8. The number of carbonyl (C=O) groups is 2. The van der Waals surface area contributed by atoms with Crippen LogP contribution < -0.4 is 10.6 Å². The van der Waals surface area contributed by atoms with Crippen molar-refractivity contribution < 1.29 is 14.1 Å². The Morgan fingerprint density at radius 1 is 1.30 bits per heavy atom. The number of amides is 3. The molecule has 2 N–H and O–H groups in total. The third kappa shape index (κ3) is 4.01. The van der Waals surface area contributed by atoms with Crippen molar-refractivity contribution in [2.75, 3.05) is 31.5 Å². The SMILES string of the molecule is Cc1cc(NC(=O)N2CCN(C(C)C(=O)NC3CC3)CC2)no1. The number of hydrogen-bond donors (Lipinski definition) is 2. The molecule has 126 valence electrons. The van der Waals surface area contributed by atoms with E-state index >= 15 is 0 Å². The summed E-state index contributed by atoms with van der Waals surface area (Å²) in [6.07, 6.45) is 2.18. The number of aromatic nitrogens is 1. The number of aryl methyl sites for hydroxylation is 1. The van der Waals surface area contributed by atoms with Crippen LogP contribution in [0.25, 0.3) is 0 Å². The minimum absolute atomic E-state index is 0.0865. The van der Waals surface area contributed by atoms with E-state index < -0.39 is 0 Å². The average molecular weight is 321 g/mol. The van der Waals surface area contributed by atoms with E-state index in [9.17, 15) is 9.59 Å². The van der Waals surface area contributed by atoms with Crippen LogP contribution >= 0.6 is 0 Å². The fourth-order valence-electron chi connectivity index (χ4n) is 2.64. The smallest absolute Gasteiger partial charge is 0.323 e. The lowest BCUT2D eigenvalue weighted by atomic mass is 10.2. The molecular formula is C15H23N5O3. The molecule has 2 heterocycles. The van der Waals surface area contributed by atoms with Crippen molar-refractivity contribution in [1.29, 1.82) is 0 Å². The predicted octanol–water partition coefficient (Wildman–Crippen LogP) is 0.800. The molecule has 1 saturated carbocycles. The normalized spacial score (nSPS) is 20.2. The van der Waals surface area contributed by atoms with E-state index in [-0.39, 0.29) is 18.0 Å². The Morgan fingerprint density at radius 2 is 2.00 bits per heavy atom. The topological polar surface area (TPSA) is 90.7 Å². The summed E-state index contributed by atoms with van der Waals surface area (Å²) in [6.45, 7) is 6.24. The zero-order valence-electron chi connectivity index (χ0n) is 13.5. The van der Waals surface area contributed by atoms with Crippen LogP contribution in [0.5, 0.6) is 0 Å². The van der Waals surface area contributed by atoms with Crippen LogP contribution in [0, 0.1) is 6.92 Å². The fourth-order valence-corrected chi connectivity index (χ4v) is 2.64. The lowest BCUT2D eigenvalue weighted by molar-refractivity contribution is -0.126. The second kappa shape index (κ2) is 6.57. The Labute approximate surface area is 135 Å². The summed E-state index contributed by atoms with van der Waals surface area (Å²) in [5.74, 6) is 1.16. The number of urea groups is 1. The molecule has 3 amide bonds. The maximum Gasteiger partial charge on any atom is 0.323 e. The van der Waals surface area contributed by atoms with Crippen LogP contribution in [0.1, 0.15) is 25.5 Å². The van der Waals surface area contributed by atoms with Gasteiger partial charge in [0, 0.05) is 38.3 Å². The van der Waals surface area contributed by atoms with Gasteiger partial charge in [-0.3, -0.25) is 15.0 Å². The highest BCUT2D eigenvalue weighted by Crippen LogP contribution is 2.19. The van der Waals surface area contributed by atoms with Crippen LogP contribution in [0.15, 0.2) is 10.6 Å². The highest BCUT2D eigenvalue weighted by atomic mass is 16.5. The highest BCUT2D eigenvalue weighted by Gasteiger charge is 2.30. The molecule has 3 rings (SSSR count). The molecule has 0 aromatic carbocycles. The van der Waals surface area contributed by atoms with Gasteiger partial charge in [0.2, 0.25) is 5.91 Å². The van der Waals surface area contributed by atoms with Crippen LogP contribution in [-0.4, -0.2) is 65.2 Å². The summed E-state index contributed by atoms with van der Waals surface area (Å²) < 4.78 is 4.93. The monoisotopic (exact) mass is 321 g/mol. The minimum atomic E-state index is -0.187. The first-order valence-electron chi connectivity index (χ1n) is 8.06. The van der Waals surface area contributed by atoms with E-state index in [0.29, 0.717) is 43.8 Å². The number of nitrogens with one attached hydrogen (secondary N) is 2. The van der Waals surface area contributed by atoms with Gasteiger partial charge in [-0.05, 0) is 26.7 Å². The summed E-state index contributed by atoms with van der Waals surface area (Å²) in [4.78, 5) is 28.1. The fraction of sp³-hybridized carbons (Fsp3) is 0.667. The molecular weight excluding hydrogens is 298 g/mol. The second-order valence-electron chi connectivity index (χ2n) is 6.23. The molecule has 1 aliphatic carbocycles. The Kier molecular flexibility index (Phi) is 4.51. The van der Waals surface area contributed by atoms with Gasteiger partial charge in [-0.25, -0.2) is 4.79 Å². The van der Waals surface area contributed by atoms with Crippen molar-refractivity contribution in [2.24, 2.45) is 0 Å². The maximum absolute atomic E-state index is 12.2. The van der Waals surface area contributed by atoms with Gasteiger partial charge < -0.3 is 14.7 Å². The van der Waals surface area contributed by atoms with Gasteiger partial charge in [0.15, 0.2) is 5.82 Å². The molecule has 1 aliphatic heterocycles. The lowest BCUT2D eigenvalue weighted by Crippen LogP contribution is -2.55. The summed E-state index contributed by atoms with van der Waals surface area (Å²) in [5.41, 5.74) is 0. The Hall–Kier alpha value is -2.09. The van der Waals surface area contributed by atoms with Gasteiger partial charge in [-0.1, -0.05) is 5.16 Å². The van der Waals surface area contributed by atoms with Gasteiger partial charge in [0.25, 0.3) is 0 Å². The van der Waals surface area contributed by atoms with Crippen molar-refractivity contribution >= 4 is 17.8 Å². The van der Waals surface area contributed by atoms with E-state index in [1.165, 1.54) is 0 Å². The van der Waals surface area contributed by atoms with Crippen LogP contribution in [0.3, 0.4) is 0 Å². The first-order valence-corrected chi connectivity index (χ1v) is 8.06. The van der Waals surface area contributed by atoms with Crippen LogP contribution in [-0.2, 0) is 4.79 Å². The molecule has 1 aromatic heterocycles. The molecule has 0 spiro atoms. The molecule has 1 unspecified atom stereocenters. The molecule has 2 aliphatic rings. The van der Waals surface area contributed by atoms with Crippen molar-refractivity contribution in [3.8, 4) is 0 Å². The number of carbonyl (C=O) groups excluding carboxylic acids is 2. The number of rotatable bonds is 4. The summed E-state index contributed by atoms with van der Waals surface area (Å²) in [7, 11) is 0. The largest absolute Gasteiger partial charge is 0.360 e. The van der Waals surface area contributed by atoms with Crippen molar-refractivity contribution in [3.63, 3.8) is 0 Å². The third-order valence-electron chi connectivity index (χ3n) is 4.32. The Bertz CT molecular complexity index is 575. The Morgan fingerprint density at radius 3 is 2.57 bits per heavy atom. The third-order valence-corrected chi connectivity index (χ3v) is 4.32. The maximum atomic E-state index is 12.2. The molecule has 23 heavy (non-hydrogen) atoms. The van der Waals surface area contributed by atoms with Crippen LogP contribution in [0.2, 0.25) is 0 Å². The number of hydrogen-bond acceptors (Lipinski definition) is 5. The van der Waals surface area contributed by atoms with E-state index in [4.69, 9.17) is 4.52 Å². The van der Waals surface area contributed by atoms with E-state index in [2.05, 4.69) is 20.7 Å². The zero-order valence-corrected chi connectivity index (χ0v) is 13.5. The predicted molar refractivity (Wildman–Crippen MR) is 84.0 cm³/mol. The van der Waals surface area contributed by atoms with Gasteiger partial charge in [0.05, 0.1) is 6.04 Å². The molecule has 0 bridgehead atoms. The molecule has 1 aromatic rings. The highest BCUT2D eigenvalue weighted by molar-refractivity contribution is 5.88. The number of anilines is 1. The first-order chi connectivity index (χ1) is 11.0. The standard InChI is InChI=1S/C15H23N5O3/c1-10-9-13(18-23-10)17-15(22)20-7-5-19(6-8-20)11(2)14(21)16-12-3-4-12/h9,11-12H,3-8H2,1-2H3,(H,16,21)(H,17,18,22). The van der Waals surface area contributed by atoms with Crippen molar-refractivity contribution in [1.82, 2.24) is 20.3 Å². The van der Waals surface area contributed by atoms with Gasteiger partial charge >= 0.3 is 6.03 Å². The van der Waals surface area contributed by atoms with Crippen LogP contribution in [0.4, 0.5) is 10.6 Å².